The molecule has 0 bridgehead atoms. The lowest BCUT2D eigenvalue weighted by Gasteiger charge is -2.18. The number of anilines is 2. The fourth-order valence-electron chi connectivity index (χ4n) is 0.994. The van der Waals surface area contributed by atoms with Crippen molar-refractivity contribution < 1.29 is 5.11 Å². The van der Waals surface area contributed by atoms with Crippen LogP contribution in [0, 0.1) is 0 Å². The van der Waals surface area contributed by atoms with Crippen molar-refractivity contribution >= 4 is 11.4 Å². The monoisotopic (exact) mass is 180 g/mol. The Morgan fingerprint density at radius 3 is 2.46 bits per heavy atom. The maximum Gasteiger partial charge on any atom is 0.0710 e. The van der Waals surface area contributed by atoms with Gasteiger partial charge >= 0.3 is 0 Å². The van der Waals surface area contributed by atoms with Crippen LogP contribution in [-0.4, -0.2) is 17.3 Å². The highest BCUT2D eigenvalue weighted by Gasteiger charge is 2.08. The minimum absolute atomic E-state index is 0.00435. The van der Waals surface area contributed by atoms with Crippen molar-refractivity contribution in [2.45, 2.75) is 26.0 Å². The van der Waals surface area contributed by atoms with E-state index in [1.54, 1.807) is 6.92 Å². The van der Waals surface area contributed by atoms with Crippen molar-refractivity contribution in [3.8, 4) is 0 Å². The highest BCUT2D eigenvalue weighted by Crippen LogP contribution is 2.18. The van der Waals surface area contributed by atoms with Crippen molar-refractivity contribution in [3.05, 3.63) is 24.3 Å². The molecule has 2 atom stereocenters. The molecule has 0 spiro atoms. The Hall–Kier alpha value is -1.22. The number of benzene rings is 1. The van der Waals surface area contributed by atoms with E-state index < -0.39 is 0 Å². The van der Waals surface area contributed by atoms with E-state index in [9.17, 15) is 5.11 Å². The maximum absolute atomic E-state index is 9.27. The summed E-state index contributed by atoms with van der Waals surface area (Å²) in [6.07, 6.45) is -0.389. The second-order valence-electron chi connectivity index (χ2n) is 3.26. The van der Waals surface area contributed by atoms with E-state index in [4.69, 9.17) is 5.73 Å². The fraction of sp³-hybridized carbons (Fsp3) is 0.400. The Bertz CT molecular complexity index is 273. The van der Waals surface area contributed by atoms with E-state index in [-0.39, 0.29) is 12.1 Å². The number of para-hydroxylation sites is 2. The van der Waals surface area contributed by atoms with Crippen molar-refractivity contribution in [2.24, 2.45) is 0 Å². The molecule has 0 aliphatic carbocycles. The van der Waals surface area contributed by atoms with Gasteiger partial charge in [0.25, 0.3) is 0 Å². The van der Waals surface area contributed by atoms with Crippen LogP contribution < -0.4 is 11.1 Å². The lowest BCUT2D eigenvalue weighted by atomic mass is 10.2. The van der Waals surface area contributed by atoms with Gasteiger partial charge in [-0.15, -0.1) is 0 Å². The van der Waals surface area contributed by atoms with Crippen molar-refractivity contribution in [3.63, 3.8) is 0 Å². The summed E-state index contributed by atoms with van der Waals surface area (Å²) in [5.41, 5.74) is 7.30. The molecule has 0 aromatic heterocycles. The van der Waals surface area contributed by atoms with Gasteiger partial charge in [-0.1, -0.05) is 12.1 Å². The molecular formula is C10H16N2O. The summed E-state index contributed by atoms with van der Waals surface area (Å²) < 4.78 is 0. The molecule has 0 saturated heterocycles. The third-order valence-electron chi connectivity index (χ3n) is 2.07. The molecule has 0 amide bonds. The first-order valence-electron chi connectivity index (χ1n) is 4.40. The molecule has 72 valence electrons. The van der Waals surface area contributed by atoms with Crippen molar-refractivity contribution in [2.75, 3.05) is 11.1 Å². The summed E-state index contributed by atoms with van der Waals surface area (Å²) in [6, 6.07) is 7.52. The van der Waals surface area contributed by atoms with Crippen LogP contribution in [0.25, 0.3) is 0 Å². The highest BCUT2D eigenvalue weighted by atomic mass is 16.3. The number of nitrogens with one attached hydrogen (secondary N) is 1. The summed E-state index contributed by atoms with van der Waals surface area (Å²) in [5, 5.41) is 12.4. The number of nitrogens with two attached hydrogens (primary N) is 1. The maximum atomic E-state index is 9.27. The first-order chi connectivity index (χ1) is 6.11. The van der Waals surface area contributed by atoms with E-state index in [1.165, 1.54) is 0 Å². The first-order valence-corrected chi connectivity index (χ1v) is 4.40. The van der Waals surface area contributed by atoms with Crippen LogP contribution >= 0.6 is 0 Å². The molecular weight excluding hydrogens is 164 g/mol. The number of hydrogen-bond donors (Lipinski definition) is 3. The summed E-state index contributed by atoms with van der Waals surface area (Å²) in [7, 11) is 0. The van der Waals surface area contributed by atoms with Gasteiger partial charge in [0.15, 0.2) is 0 Å². The number of aliphatic hydroxyl groups is 1. The van der Waals surface area contributed by atoms with Crippen LogP contribution in [0.3, 0.4) is 0 Å². The Labute approximate surface area is 78.6 Å². The van der Waals surface area contributed by atoms with Crippen LogP contribution in [0.5, 0.6) is 0 Å². The van der Waals surface area contributed by atoms with Gasteiger partial charge in [0.2, 0.25) is 0 Å². The molecule has 4 N–H and O–H groups in total. The van der Waals surface area contributed by atoms with Crippen LogP contribution in [0.4, 0.5) is 11.4 Å². The minimum atomic E-state index is -0.389. The summed E-state index contributed by atoms with van der Waals surface area (Å²) in [6.45, 7) is 3.66. The number of rotatable bonds is 3. The van der Waals surface area contributed by atoms with Gasteiger partial charge in [-0.25, -0.2) is 0 Å². The van der Waals surface area contributed by atoms with Crippen LogP contribution in [0.15, 0.2) is 24.3 Å². The number of hydrogen-bond acceptors (Lipinski definition) is 3. The highest BCUT2D eigenvalue weighted by molar-refractivity contribution is 5.65. The molecule has 1 aromatic carbocycles. The average molecular weight is 180 g/mol. The molecule has 0 aliphatic rings. The van der Waals surface area contributed by atoms with E-state index in [2.05, 4.69) is 5.32 Å². The SMILES string of the molecule is CC(O)C(C)Nc1ccccc1N. The quantitative estimate of drug-likeness (QED) is 0.617. The van der Waals surface area contributed by atoms with E-state index in [0.717, 1.165) is 5.69 Å². The third kappa shape index (κ3) is 2.63. The molecule has 3 nitrogen and oxygen atoms in total. The van der Waals surface area contributed by atoms with Crippen LogP contribution in [0.2, 0.25) is 0 Å². The zero-order valence-electron chi connectivity index (χ0n) is 7.99. The van der Waals surface area contributed by atoms with Gasteiger partial charge in [-0.2, -0.15) is 0 Å². The van der Waals surface area contributed by atoms with Gasteiger partial charge in [0.1, 0.15) is 0 Å². The van der Waals surface area contributed by atoms with Gasteiger partial charge < -0.3 is 16.2 Å². The van der Waals surface area contributed by atoms with Gasteiger partial charge in [0, 0.05) is 6.04 Å². The van der Waals surface area contributed by atoms with Crippen LogP contribution in [-0.2, 0) is 0 Å². The molecule has 13 heavy (non-hydrogen) atoms. The molecule has 1 aromatic rings. The average Bonchev–Trinajstić information content (AvgIpc) is 2.08. The molecule has 0 heterocycles. The van der Waals surface area contributed by atoms with E-state index in [0.29, 0.717) is 5.69 Å². The van der Waals surface area contributed by atoms with E-state index >= 15 is 0 Å². The number of aliphatic hydroxyl groups excluding tert-OH is 1. The zero-order chi connectivity index (χ0) is 9.84. The third-order valence-corrected chi connectivity index (χ3v) is 2.07. The van der Waals surface area contributed by atoms with E-state index in [1.807, 2.05) is 31.2 Å². The molecule has 0 saturated carbocycles. The van der Waals surface area contributed by atoms with Crippen molar-refractivity contribution in [1.29, 1.82) is 0 Å². The number of nitrogen functional groups attached to an aromatic ring is 1. The first kappa shape index (κ1) is 9.86. The van der Waals surface area contributed by atoms with Crippen molar-refractivity contribution in [1.82, 2.24) is 0 Å². The second-order valence-corrected chi connectivity index (χ2v) is 3.26. The lowest BCUT2D eigenvalue weighted by molar-refractivity contribution is 0.178. The Kier molecular flexibility index (Phi) is 3.14. The molecule has 1 rings (SSSR count). The van der Waals surface area contributed by atoms with Gasteiger partial charge in [-0.3, -0.25) is 0 Å². The van der Waals surface area contributed by atoms with Gasteiger partial charge in [0.05, 0.1) is 17.5 Å². The Morgan fingerprint density at radius 2 is 1.92 bits per heavy atom. The van der Waals surface area contributed by atoms with Crippen LogP contribution in [0.1, 0.15) is 13.8 Å². The topological polar surface area (TPSA) is 58.3 Å². The molecule has 3 heteroatoms. The molecule has 0 radical (unpaired) electrons. The fourth-order valence-corrected chi connectivity index (χ4v) is 0.994. The molecule has 0 fully saturated rings. The largest absolute Gasteiger partial charge is 0.397 e. The summed E-state index contributed by atoms with van der Waals surface area (Å²) in [5.74, 6) is 0. The molecule has 0 aliphatic heterocycles. The Balaban J connectivity index is 2.69. The molecule has 2 unspecified atom stereocenters. The zero-order valence-corrected chi connectivity index (χ0v) is 7.99. The standard InChI is InChI=1S/C10H16N2O/c1-7(8(2)13)12-10-6-4-3-5-9(10)11/h3-8,12-13H,11H2,1-2H3. The van der Waals surface area contributed by atoms with Gasteiger partial charge in [-0.05, 0) is 26.0 Å². The Morgan fingerprint density at radius 1 is 1.31 bits per heavy atom. The predicted molar refractivity (Wildman–Crippen MR) is 55.6 cm³/mol. The predicted octanol–water partition coefficient (Wildman–Crippen LogP) is 1.45. The minimum Gasteiger partial charge on any atom is -0.397 e. The lowest BCUT2D eigenvalue weighted by Crippen LogP contribution is -2.28. The second kappa shape index (κ2) is 4.14. The normalized spacial score (nSPS) is 15.0. The summed E-state index contributed by atoms with van der Waals surface area (Å²) >= 11 is 0. The summed E-state index contributed by atoms with van der Waals surface area (Å²) in [4.78, 5) is 0. The smallest absolute Gasteiger partial charge is 0.0710 e.